The average molecular weight is 372 g/mol. The van der Waals surface area contributed by atoms with Crippen molar-refractivity contribution in [1.29, 1.82) is 0 Å². The zero-order valence-corrected chi connectivity index (χ0v) is 18.4. The molecular formula is C23H35N2O2+. The Morgan fingerprint density at radius 1 is 1.04 bits per heavy atom. The minimum Gasteiger partial charge on any atom is -0.293 e. The molecule has 0 aromatic rings. The third kappa shape index (κ3) is 5.71. The summed E-state index contributed by atoms with van der Waals surface area (Å²) in [5.74, 6) is 2.89. The Kier molecular flexibility index (Phi) is 8.30. The number of carbonyl (C=O) groups excluding carboxylic acids is 2. The molecule has 0 saturated carbocycles. The second-order valence-corrected chi connectivity index (χ2v) is 8.11. The van der Waals surface area contributed by atoms with Gasteiger partial charge in [0, 0.05) is 12.0 Å². The third-order valence-corrected chi connectivity index (χ3v) is 4.38. The smallest absolute Gasteiger partial charge is 0.187 e. The molecule has 0 spiro atoms. The summed E-state index contributed by atoms with van der Waals surface area (Å²) in [5.41, 5.74) is 2.47. The van der Waals surface area contributed by atoms with Gasteiger partial charge in [0.15, 0.2) is 29.5 Å². The number of rotatable bonds is 7. The molecule has 1 aliphatic carbocycles. The lowest BCUT2D eigenvalue weighted by atomic mass is 9.84. The minimum atomic E-state index is -0.219. The van der Waals surface area contributed by atoms with E-state index in [0.717, 1.165) is 11.3 Å². The van der Waals surface area contributed by atoms with Gasteiger partial charge in [-0.15, -0.1) is 0 Å². The van der Waals surface area contributed by atoms with Crippen LogP contribution < -0.4 is 0 Å². The fraction of sp³-hybridized carbons (Fsp3) is 0.609. The number of nitrogens with zero attached hydrogens (tertiary/aromatic N) is 2. The Morgan fingerprint density at radius 2 is 1.59 bits per heavy atom. The molecule has 4 nitrogen and oxygen atoms in total. The number of ketones is 2. The molecule has 0 heterocycles. The Bertz CT molecular complexity index is 743. The van der Waals surface area contributed by atoms with E-state index in [1.807, 2.05) is 39.2 Å². The van der Waals surface area contributed by atoms with Crippen molar-refractivity contribution in [2.75, 3.05) is 0 Å². The van der Waals surface area contributed by atoms with E-state index in [0.29, 0.717) is 17.6 Å². The summed E-state index contributed by atoms with van der Waals surface area (Å²) < 4.78 is 2.01. The summed E-state index contributed by atoms with van der Waals surface area (Å²) in [6, 6.07) is 0.452. The van der Waals surface area contributed by atoms with E-state index in [4.69, 9.17) is 0 Å². The van der Waals surface area contributed by atoms with Crippen LogP contribution in [-0.2, 0) is 9.59 Å². The molecule has 0 aromatic carbocycles. The molecule has 0 radical (unpaired) electrons. The molecule has 0 unspecified atom stereocenters. The summed E-state index contributed by atoms with van der Waals surface area (Å²) in [5, 5.41) is 0. The van der Waals surface area contributed by atoms with Gasteiger partial charge in [0.2, 0.25) is 0 Å². The molecule has 0 saturated heterocycles. The highest BCUT2D eigenvalue weighted by molar-refractivity contribution is 6.29. The Hall–Kier alpha value is -2.06. The first kappa shape index (κ1) is 23.0. The highest BCUT2D eigenvalue weighted by atomic mass is 16.1. The highest BCUT2D eigenvalue weighted by Gasteiger charge is 2.31. The van der Waals surface area contributed by atoms with Gasteiger partial charge in [0.25, 0.3) is 0 Å². The van der Waals surface area contributed by atoms with Crippen molar-refractivity contribution in [2.24, 2.45) is 10.9 Å². The Balaban J connectivity index is 3.95. The van der Waals surface area contributed by atoms with Crippen LogP contribution in [0.1, 0.15) is 68.7 Å². The Labute approximate surface area is 164 Å². The van der Waals surface area contributed by atoms with Gasteiger partial charge in [0.1, 0.15) is 5.57 Å². The van der Waals surface area contributed by atoms with E-state index < -0.39 is 0 Å². The molecule has 0 fully saturated rings. The van der Waals surface area contributed by atoms with Crippen molar-refractivity contribution < 1.29 is 14.2 Å². The maximum Gasteiger partial charge on any atom is 0.187 e. The van der Waals surface area contributed by atoms with Crippen molar-refractivity contribution in [1.82, 2.24) is 0 Å². The van der Waals surface area contributed by atoms with E-state index in [1.54, 1.807) is 6.08 Å². The molecule has 4 heteroatoms. The van der Waals surface area contributed by atoms with Crippen molar-refractivity contribution in [3.05, 3.63) is 28.9 Å². The van der Waals surface area contributed by atoms with Gasteiger partial charge in [0.05, 0.1) is 11.3 Å². The first-order valence-electron chi connectivity index (χ1n) is 10.0. The maximum absolute atomic E-state index is 13.1. The van der Waals surface area contributed by atoms with Crippen molar-refractivity contribution in [3.8, 4) is 0 Å². The van der Waals surface area contributed by atoms with E-state index in [1.165, 1.54) is 6.08 Å². The maximum atomic E-state index is 13.1. The van der Waals surface area contributed by atoms with Crippen molar-refractivity contribution in [2.45, 2.75) is 86.9 Å². The normalized spacial score (nSPS) is 16.2. The largest absolute Gasteiger partial charge is 0.293 e. The molecule has 0 bridgehead atoms. The third-order valence-electron chi connectivity index (χ3n) is 4.38. The summed E-state index contributed by atoms with van der Waals surface area (Å²) in [6.07, 6.45) is 3.93. The zero-order chi connectivity index (χ0) is 20.9. The average Bonchev–Trinajstić information content (AvgIpc) is 2.55. The van der Waals surface area contributed by atoms with Gasteiger partial charge in [-0.05, 0) is 65.7 Å². The van der Waals surface area contributed by atoms with Gasteiger partial charge in [-0.25, -0.2) is 0 Å². The van der Waals surface area contributed by atoms with E-state index in [2.05, 4.69) is 38.6 Å². The molecular weight excluding hydrogens is 336 g/mol. The molecule has 148 valence electrons. The number of Topliss-reactive ketones (excluding diaryl/α,β-unsaturated/α-hetero) is 1. The van der Waals surface area contributed by atoms with E-state index >= 15 is 0 Å². The van der Waals surface area contributed by atoms with Crippen LogP contribution >= 0.6 is 0 Å². The number of aliphatic imine (C=N–C) groups is 1. The van der Waals surface area contributed by atoms with Crippen LogP contribution in [0.25, 0.3) is 0 Å². The number of hydrogen-bond donors (Lipinski definition) is 0. The first-order valence-corrected chi connectivity index (χ1v) is 10.0. The number of carbonyl (C=O) groups is 2. The van der Waals surface area contributed by atoms with E-state index in [9.17, 15) is 9.59 Å². The van der Waals surface area contributed by atoms with Gasteiger partial charge in [-0.3, -0.25) is 14.6 Å². The van der Waals surface area contributed by atoms with Crippen LogP contribution in [0.2, 0.25) is 0 Å². The molecule has 27 heavy (non-hydrogen) atoms. The first-order chi connectivity index (χ1) is 12.5. The molecule has 0 amide bonds. The second kappa shape index (κ2) is 9.75. The lowest BCUT2D eigenvalue weighted by molar-refractivity contribution is -0.581. The summed E-state index contributed by atoms with van der Waals surface area (Å²) >= 11 is 0. The molecule has 0 atom stereocenters. The van der Waals surface area contributed by atoms with Crippen molar-refractivity contribution in [3.63, 3.8) is 0 Å². The quantitative estimate of drug-likeness (QED) is 0.289. The number of allylic oxidation sites excluding steroid dienone is 5. The van der Waals surface area contributed by atoms with Crippen LogP contribution in [0.5, 0.6) is 0 Å². The molecule has 0 aromatic heterocycles. The Morgan fingerprint density at radius 3 is 2.00 bits per heavy atom. The van der Waals surface area contributed by atoms with Gasteiger partial charge >= 0.3 is 0 Å². The molecule has 0 aliphatic heterocycles. The monoisotopic (exact) mass is 371 g/mol. The minimum absolute atomic E-state index is 0.0604. The lowest BCUT2D eigenvalue weighted by Gasteiger charge is -2.18. The van der Waals surface area contributed by atoms with Gasteiger partial charge < -0.3 is 0 Å². The summed E-state index contributed by atoms with van der Waals surface area (Å²) in [6.45, 7) is 18.0. The lowest BCUT2D eigenvalue weighted by Crippen LogP contribution is -2.30. The second-order valence-electron chi connectivity index (χ2n) is 8.11. The molecule has 0 N–H and O–H groups in total. The van der Waals surface area contributed by atoms with Crippen LogP contribution in [0.15, 0.2) is 33.9 Å². The fourth-order valence-electron chi connectivity index (χ4n) is 3.15. The van der Waals surface area contributed by atoms with Gasteiger partial charge in [-0.2, -0.15) is 4.58 Å². The van der Waals surface area contributed by atoms with Crippen LogP contribution in [-0.4, -0.2) is 45.8 Å². The van der Waals surface area contributed by atoms with Crippen LogP contribution in [0.3, 0.4) is 0 Å². The van der Waals surface area contributed by atoms with Crippen molar-refractivity contribution >= 4 is 23.1 Å². The predicted octanol–water partition coefficient (Wildman–Crippen LogP) is 4.33. The van der Waals surface area contributed by atoms with Crippen LogP contribution in [0, 0.1) is 5.92 Å². The highest BCUT2D eigenvalue weighted by Crippen LogP contribution is 2.26. The van der Waals surface area contributed by atoms with E-state index in [-0.39, 0.29) is 35.6 Å². The number of hydrogen-bond acceptors (Lipinski definition) is 3. The van der Waals surface area contributed by atoms with Gasteiger partial charge in [-0.1, -0.05) is 20.8 Å². The summed E-state index contributed by atoms with van der Waals surface area (Å²) in [7, 11) is 0. The standard InChI is InChI=1S/C23H35N2O2/c1-10-18-20(24-15(4)5)11-12-21(26)22(18)19(23(27)14(2)3)13-25(16(6)7)17(8)9/h11-12,14-17H,10H2,1-9H3/q+1. The zero-order valence-electron chi connectivity index (χ0n) is 18.4. The topological polar surface area (TPSA) is 49.5 Å². The SMILES string of the molecule is CCC1=C(C(=C=[N+](C(C)C)C(C)C)C(=O)C(C)C)C(=O)C=CC1=NC(C)C. The molecule has 1 rings (SSSR count). The van der Waals surface area contributed by atoms with Crippen LogP contribution in [0.4, 0.5) is 0 Å². The fourth-order valence-corrected chi connectivity index (χ4v) is 3.15. The molecule has 1 aliphatic rings. The predicted molar refractivity (Wildman–Crippen MR) is 113 cm³/mol. The summed E-state index contributed by atoms with van der Waals surface area (Å²) in [4.78, 5) is 30.6.